The standard InChI is InChI=1S/C23H22N4O2/c1-17-9-11-18(12-10-17)22-26-20-8-5-13-25-23(20)27(22)15-14-24-21(28)16-29-19-6-3-2-4-7-19/h2-13H,14-16H2,1H3,(H,24,28). The van der Waals surface area contributed by atoms with E-state index in [4.69, 9.17) is 9.72 Å². The molecule has 0 bridgehead atoms. The Bertz CT molecular complexity index is 1100. The topological polar surface area (TPSA) is 69.0 Å². The van der Waals surface area contributed by atoms with Crippen molar-refractivity contribution in [2.24, 2.45) is 0 Å². The van der Waals surface area contributed by atoms with Crippen molar-refractivity contribution in [1.82, 2.24) is 19.9 Å². The van der Waals surface area contributed by atoms with Crippen LogP contribution in [0.4, 0.5) is 0 Å². The second-order valence-electron chi connectivity index (χ2n) is 6.75. The van der Waals surface area contributed by atoms with Crippen LogP contribution in [0.1, 0.15) is 5.56 Å². The largest absolute Gasteiger partial charge is 0.484 e. The maximum absolute atomic E-state index is 12.1. The number of carbonyl (C=O) groups excluding carboxylic acids is 1. The summed E-state index contributed by atoms with van der Waals surface area (Å²) in [5, 5.41) is 2.90. The van der Waals surface area contributed by atoms with Crippen molar-refractivity contribution in [1.29, 1.82) is 0 Å². The summed E-state index contributed by atoms with van der Waals surface area (Å²) < 4.78 is 7.53. The lowest BCUT2D eigenvalue weighted by molar-refractivity contribution is -0.123. The number of aryl methyl sites for hydroxylation is 1. The molecule has 2 aromatic carbocycles. The number of benzene rings is 2. The van der Waals surface area contributed by atoms with Crippen LogP contribution < -0.4 is 10.1 Å². The molecule has 4 rings (SSSR count). The molecule has 0 fully saturated rings. The van der Waals surface area contributed by atoms with E-state index in [-0.39, 0.29) is 12.5 Å². The predicted molar refractivity (Wildman–Crippen MR) is 113 cm³/mol. The Morgan fingerprint density at radius 3 is 2.62 bits per heavy atom. The van der Waals surface area contributed by atoms with E-state index in [0.29, 0.717) is 18.8 Å². The summed E-state index contributed by atoms with van der Waals surface area (Å²) in [5.41, 5.74) is 3.85. The Labute approximate surface area is 169 Å². The first-order chi connectivity index (χ1) is 14.2. The van der Waals surface area contributed by atoms with Gasteiger partial charge in [-0.3, -0.25) is 4.79 Å². The number of amides is 1. The number of nitrogens with zero attached hydrogens (tertiary/aromatic N) is 3. The normalized spacial score (nSPS) is 10.8. The number of hydrogen-bond acceptors (Lipinski definition) is 4. The van der Waals surface area contributed by atoms with Crippen molar-refractivity contribution in [3.05, 3.63) is 78.5 Å². The molecule has 0 spiro atoms. The van der Waals surface area contributed by atoms with E-state index in [1.807, 2.05) is 47.0 Å². The molecule has 0 saturated heterocycles. The van der Waals surface area contributed by atoms with Gasteiger partial charge in [0.25, 0.3) is 5.91 Å². The fourth-order valence-electron chi connectivity index (χ4n) is 3.12. The lowest BCUT2D eigenvalue weighted by atomic mass is 10.1. The van der Waals surface area contributed by atoms with Crippen molar-refractivity contribution in [2.75, 3.05) is 13.2 Å². The first-order valence-electron chi connectivity index (χ1n) is 9.53. The molecular weight excluding hydrogens is 364 g/mol. The fraction of sp³-hybridized carbons (Fsp3) is 0.174. The lowest BCUT2D eigenvalue weighted by Crippen LogP contribution is -2.31. The third kappa shape index (κ3) is 4.43. The van der Waals surface area contributed by atoms with Gasteiger partial charge in [0.15, 0.2) is 12.3 Å². The van der Waals surface area contributed by atoms with E-state index >= 15 is 0 Å². The molecule has 0 aliphatic heterocycles. The summed E-state index contributed by atoms with van der Waals surface area (Å²) in [6.45, 7) is 3.06. The molecule has 146 valence electrons. The third-order valence-corrected chi connectivity index (χ3v) is 4.58. The Morgan fingerprint density at radius 1 is 1.03 bits per heavy atom. The molecule has 29 heavy (non-hydrogen) atoms. The van der Waals surface area contributed by atoms with Gasteiger partial charge < -0.3 is 14.6 Å². The van der Waals surface area contributed by atoms with Gasteiger partial charge in [-0.25, -0.2) is 9.97 Å². The summed E-state index contributed by atoms with van der Waals surface area (Å²) in [4.78, 5) is 21.4. The minimum absolute atomic E-state index is 0.0161. The van der Waals surface area contributed by atoms with Gasteiger partial charge in [-0.15, -0.1) is 0 Å². The average molecular weight is 386 g/mol. The quantitative estimate of drug-likeness (QED) is 0.527. The van der Waals surface area contributed by atoms with Gasteiger partial charge in [0.1, 0.15) is 17.1 Å². The first-order valence-corrected chi connectivity index (χ1v) is 9.53. The number of pyridine rings is 1. The predicted octanol–water partition coefficient (Wildman–Crippen LogP) is 3.60. The number of hydrogen-bond donors (Lipinski definition) is 1. The number of fused-ring (bicyclic) bond motifs is 1. The summed E-state index contributed by atoms with van der Waals surface area (Å²) >= 11 is 0. The highest BCUT2D eigenvalue weighted by Gasteiger charge is 2.13. The first kappa shape index (κ1) is 18.7. The molecular formula is C23H22N4O2. The van der Waals surface area contributed by atoms with Gasteiger partial charge in [-0.1, -0.05) is 48.0 Å². The zero-order chi connectivity index (χ0) is 20.1. The molecule has 6 heteroatoms. The molecule has 1 N–H and O–H groups in total. The summed E-state index contributed by atoms with van der Waals surface area (Å²) in [6, 6.07) is 21.4. The minimum atomic E-state index is -0.164. The molecule has 0 radical (unpaired) electrons. The Hall–Kier alpha value is -3.67. The number of rotatable bonds is 7. The summed E-state index contributed by atoms with van der Waals surface area (Å²) in [5.74, 6) is 1.35. The molecule has 2 aromatic heterocycles. The maximum atomic E-state index is 12.1. The summed E-state index contributed by atoms with van der Waals surface area (Å²) in [7, 11) is 0. The minimum Gasteiger partial charge on any atom is -0.484 e. The molecule has 0 aliphatic rings. The number of ether oxygens (including phenoxy) is 1. The van der Waals surface area contributed by atoms with Crippen LogP contribution in [0.3, 0.4) is 0 Å². The Morgan fingerprint density at radius 2 is 1.83 bits per heavy atom. The zero-order valence-electron chi connectivity index (χ0n) is 16.2. The van der Waals surface area contributed by atoms with E-state index < -0.39 is 0 Å². The molecule has 6 nitrogen and oxygen atoms in total. The fourth-order valence-corrected chi connectivity index (χ4v) is 3.12. The SMILES string of the molecule is Cc1ccc(-c2nc3cccnc3n2CCNC(=O)COc2ccccc2)cc1. The second-order valence-corrected chi connectivity index (χ2v) is 6.75. The van der Waals surface area contributed by atoms with Crippen LogP contribution in [0, 0.1) is 6.92 Å². The summed E-state index contributed by atoms with van der Waals surface area (Å²) in [6.07, 6.45) is 1.76. The van der Waals surface area contributed by atoms with Gasteiger partial charge in [0.2, 0.25) is 0 Å². The van der Waals surface area contributed by atoms with Crippen molar-refractivity contribution in [3.63, 3.8) is 0 Å². The van der Waals surface area contributed by atoms with Crippen LogP contribution in [0.5, 0.6) is 5.75 Å². The molecule has 4 aromatic rings. The molecule has 0 atom stereocenters. The Kier molecular flexibility index (Phi) is 5.52. The highest BCUT2D eigenvalue weighted by atomic mass is 16.5. The lowest BCUT2D eigenvalue weighted by Gasteiger charge is -2.11. The van der Waals surface area contributed by atoms with Crippen LogP contribution >= 0.6 is 0 Å². The van der Waals surface area contributed by atoms with E-state index in [9.17, 15) is 4.79 Å². The molecule has 2 heterocycles. The molecule has 0 saturated carbocycles. The van der Waals surface area contributed by atoms with E-state index in [1.54, 1.807) is 6.20 Å². The van der Waals surface area contributed by atoms with E-state index in [0.717, 1.165) is 22.6 Å². The van der Waals surface area contributed by atoms with E-state index in [1.165, 1.54) is 5.56 Å². The van der Waals surface area contributed by atoms with Crippen LogP contribution in [-0.2, 0) is 11.3 Å². The molecule has 1 amide bonds. The van der Waals surface area contributed by atoms with Crippen molar-refractivity contribution in [3.8, 4) is 17.1 Å². The number of para-hydroxylation sites is 1. The van der Waals surface area contributed by atoms with Gasteiger partial charge in [-0.2, -0.15) is 0 Å². The van der Waals surface area contributed by atoms with Crippen molar-refractivity contribution < 1.29 is 9.53 Å². The number of aromatic nitrogens is 3. The van der Waals surface area contributed by atoms with Gasteiger partial charge in [0.05, 0.1) is 0 Å². The zero-order valence-corrected chi connectivity index (χ0v) is 16.2. The van der Waals surface area contributed by atoms with Gasteiger partial charge >= 0.3 is 0 Å². The monoisotopic (exact) mass is 386 g/mol. The van der Waals surface area contributed by atoms with Crippen LogP contribution in [-0.4, -0.2) is 33.6 Å². The van der Waals surface area contributed by atoms with Gasteiger partial charge in [-0.05, 0) is 31.2 Å². The Balaban J connectivity index is 1.45. The second kappa shape index (κ2) is 8.56. The number of nitrogens with one attached hydrogen (secondary N) is 1. The van der Waals surface area contributed by atoms with Crippen LogP contribution in [0.2, 0.25) is 0 Å². The van der Waals surface area contributed by atoms with Crippen LogP contribution in [0.15, 0.2) is 72.9 Å². The molecule has 0 unspecified atom stereocenters. The van der Waals surface area contributed by atoms with Crippen LogP contribution in [0.25, 0.3) is 22.6 Å². The number of carbonyl (C=O) groups is 1. The molecule has 0 aliphatic carbocycles. The van der Waals surface area contributed by atoms with E-state index in [2.05, 4.69) is 41.5 Å². The highest BCUT2D eigenvalue weighted by Crippen LogP contribution is 2.23. The highest BCUT2D eigenvalue weighted by molar-refractivity contribution is 5.78. The number of imidazole rings is 1. The van der Waals surface area contributed by atoms with Crippen molar-refractivity contribution in [2.45, 2.75) is 13.5 Å². The third-order valence-electron chi connectivity index (χ3n) is 4.58. The average Bonchev–Trinajstić information content (AvgIpc) is 3.12. The van der Waals surface area contributed by atoms with Gasteiger partial charge in [0, 0.05) is 24.8 Å². The maximum Gasteiger partial charge on any atom is 0.258 e. The van der Waals surface area contributed by atoms with Crippen molar-refractivity contribution >= 4 is 17.1 Å². The smallest absolute Gasteiger partial charge is 0.258 e.